The minimum Gasteiger partial charge on any atom is -0.468 e. The summed E-state index contributed by atoms with van der Waals surface area (Å²) in [5.74, 6) is 1.68. The normalized spacial score (nSPS) is 10.8. The Morgan fingerprint density at radius 1 is 1.35 bits per heavy atom. The SMILES string of the molecule is Cc1nnc(SCc2ccco2)c(CN)c1C. The molecule has 0 aliphatic heterocycles. The highest BCUT2D eigenvalue weighted by molar-refractivity contribution is 7.98. The molecule has 0 atom stereocenters. The van der Waals surface area contributed by atoms with Crippen LogP contribution in [-0.2, 0) is 12.3 Å². The second-order valence-corrected chi connectivity index (χ2v) is 4.73. The van der Waals surface area contributed by atoms with Gasteiger partial charge >= 0.3 is 0 Å². The molecule has 0 fully saturated rings. The molecule has 0 spiro atoms. The second-order valence-electron chi connectivity index (χ2n) is 3.77. The number of nitrogens with two attached hydrogens (primary N) is 1. The molecule has 90 valence electrons. The highest BCUT2D eigenvalue weighted by atomic mass is 32.2. The molecule has 0 unspecified atom stereocenters. The third kappa shape index (κ3) is 2.68. The maximum atomic E-state index is 5.76. The van der Waals surface area contributed by atoms with Gasteiger partial charge in [0.1, 0.15) is 10.8 Å². The van der Waals surface area contributed by atoms with Crippen molar-refractivity contribution in [2.75, 3.05) is 0 Å². The van der Waals surface area contributed by atoms with E-state index in [2.05, 4.69) is 10.2 Å². The summed E-state index contributed by atoms with van der Waals surface area (Å²) in [7, 11) is 0. The van der Waals surface area contributed by atoms with Gasteiger partial charge in [-0.3, -0.25) is 0 Å². The van der Waals surface area contributed by atoms with Crippen molar-refractivity contribution in [1.82, 2.24) is 10.2 Å². The van der Waals surface area contributed by atoms with Crippen molar-refractivity contribution in [3.63, 3.8) is 0 Å². The summed E-state index contributed by atoms with van der Waals surface area (Å²) in [6.45, 7) is 4.47. The maximum Gasteiger partial charge on any atom is 0.124 e. The minimum absolute atomic E-state index is 0.489. The van der Waals surface area contributed by atoms with E-state index >= 15 is 0 Å². The number of aromatic nitrogens is 2. The Hall–Kier alpha value is -1.33. The summed E-state index contributed by atoms with van der Waals surface area (Å²) in [5.41, 5.74) is 8.91. The van der Waals surface area contributed by atoms with Crippen molar-refractivity contribution in [2.45, 2.75) is 31.2 Å². The molecular formula is C12H15N3OS. The molecule has 0 radical (unpaired) electrons. The zero-order chi connectivity index (χ0) is 12.3. The number of furan rings is 1. The molecule has 17 heavy (non-hydrogen) atoms. The van der Waals surface area contributed by atoms with Gasteiger partial charge in [0.2, 0.25) is 0 Å². The lowest BCUT2D eigenvalue weighted by molar-refractivity contribution is 0.530. The first-order valence-corrected chi connectivity index (χ1v) is 6.39. The van der Waals surface area contributed by atoms with Crippen LogP contribution in [0.1, 0.15) is 22.6 Å². The summed E-state index contributed by atoms with van der Waals surface area (Å²) in [6.07, 6.45) is 1.67. The van der Waals surface area contributed by atoms with E-state index in [-0.39, 0.29) is 0 Å². The second kappa shape index (κ2) is 5.33. The summed E-state index contributed by atoms with van der Waals surface area (Å²) in [4.78, 5) is 0. The Labute approximate surface area is 105 Å². The van der Waals surface area contributed by atoms with Crippen molar-refractivity contribution in [3.05, 3.63) is 41.0 Å². The molecule has 2 rings (SSSR count). The van der Waals surface area contributed by atoms with Crippen LogP contribution in [0.2, 0.25) is 0 Å². The summed E-state index contributed by atoms with van der Waals surface area (Å²) in [6, 6.07) is 3.83. The van der Waals surface area contributed by atoms with Gasteiger partial charge in [-0.25, -0.2) is 0 Å². The van der Waals surface area contributed by atoms with Gasteiger partial charge in [0, 0.05) is 12.1 Å². The fourth-order valence-corrected chi connectivity index (χ4v) is 2.48. The Balaban J connectivity index is 2.18. The van der Waals surface area contributed by atoms with E-state index in [9.17, 15) is 0 Å². The molecule has 2 aromatic rings. The van der Waals surface area contributed by atoms with E-state index in [1.165, 1.54) is 0 Å². The average molecular weight is 249 g/mol. The standard InChI is InChI=1S/C12H15N3OS/c1-8-9(2)14-15-12(11(8)6-13)17-7-10-4-3-5-16-10/h3-5H,6-7,13H2,1-2H3. The minimum atomic E-state index is 0.489. The van der Waals surface area contributed by atoms with Gasteiger partial charge in [0.15, 0.2) is 0 Å². The molecule has 4 nitrogen and oxygen atoms in total. The van der Waals surface area contributed by atoms with Gasteiger partial charge in [0.05, 0.1) is 17.7 Å². The highest BCUT2D eigenvalue weighted by Crippen LogP contribution is 2.26. The third-order valence-electron chi connectivity index (χ3n) is 2.68. The van der Waals surface area contributed by atoms with E-state index in [4.69, 9.17) is 10.2 Å². The number of nitrogens with zero attached hydrogens (tertiary/aromatic N) is 2. The van der Waals surface area contributed by atoms with Gasteiger partial charge in [-0.15, -0.1) is 5.10 Å². The monoisotopic (exact) mass is 249 g/mol. The van der Waals surface area contributed by atoms with Crippen molar-refractivity contribution >= 4 is 11.8 Å². The zero-order valence-corrected chi connectivity index (χ0v) is 10.8. The predicted molar refractivity (Wildman–Crippen MR) is 67.7 cm³/mol. The lowest BCUT2D eigenvalue weighted by Crippen LogP contribution is -2.06. The van der Waals surface area contributed by atoms with Crippen LogP contribution in [0.4, 0.5) is 0 Å². The number of rotatable bonds is 4. The summed E-state index contributed by atoms with van der Waals surface area (Å²) in [5, 5.41) is 9.23. The Bertz CT molecular complexity index is 497. The number of thioether (sulfide) groups is 1. The topological polar surface area (TPSA) is 64.9 Å². The average Bonchev–Trinajstić information content (AvgIpc) is 2.83. The van der Waals surface area contributed by atoms with Crippen molar-refractivity contribution in [3.8, 4) is 0 Å². The molecule has 2 aromatic heterocycles. The van der Waals surface area contributed by atoms with Crippen LogP contribution in [-0.4, -0.2) is 10.2 Å². The molecule has 0 saturated heterocycles. The van der Waals surface area contributed by atoms with Crippen LogP contribution < -0.4 is 5.73 Å². The molecule has 2 heterocycles. The van der Waals surface area contributed by atoms with E-state index in [1.54, 1.807) is 18.0 Å². The fraction of sp³-hybridized carbons (Fsp3) is 0.333. The molecule has 2 N–H and O–H groups in total. The molecule has 0 aliphatic carbocycles. The number of aryl methyl sites for hydroxylation is 1. The molecule has 0 amide bonds. The van der Waals surface area contributed by atoms with Crippen molar-refractivity contribution in [1.29, 1.82) is 0 Å². The van der Waals surface area contributed by atoms with Gasteiger partial charge in [0.25, 0.3) is 0 Å². The first kappa shape index (κ1) is 12.1. The Kier molecular flexibility index (Phi) is 3.81. The third-order valence-corrected chi connectivity index (χ3v) is 3.71. The largest absolute Gasteiger partial charge is 0.468 e. The molecule has 0 saturated carbocycles. The predicted octanol–water partition coefficient (Wildman–Crippen LogP) is 2.44. The van der Waals surface area contributed by atoms with E-state index in [0.717, 1.165) is 33.4 Å². The van der Waals surface area contributed by atoms with Crippen molar-refractivity contribution < 1.29 is 4.42 Å². The quantitative estimate of drug-likeness (QED) is 0.843. The van der Waals surface area contributed by atoms with Crippen LogP contribution in [0.25, 0.3) is 0 Å². The zero-order valence-electron chi connectivity index (χ0n) is 9.93. The van der Waals surface area contributed by atoms with Gasteiger partial charge in [-0.2, -0.15) is 5.10 Å². The van der Waals surface area contributed by atoms with Crippen LogP contribution in [0, 0.1) is 13.8 Å². The van der Waals surface area contributed by atoms with Gasteiger partial charge < -0.3 is 10.2 Å². The number of hydrogen-bond donors (Lipinski definition) is 1. The first-order valence-electron chi connectivity index (χ1n) is 5.40. The molecule has 5 heteroatoms. The van der Waals surface area contributed by atoms with Gasteiger partial charge in [-0.1, -0.05) is 11.8 Å². The Morgan fingerprint density at radius 3 is 2.82 bits per heavy atom. The molecule has 0 aliphatic rings. The lowest BCUT2D eigenvalue weighted by atomic mass is 10.1. The van der Waals surface area contributed by atoms with Crippen LogP contribution >= 0.6 is 11.8 Å². The number of hydrogen-bond acceptors (Lipinski definition) is 5. The molecular weight excluding hydrogens is 234 g/mol. The summed E-state index contributed by atoms with van der Waals surface area (Å²) < 4.78 is 5.28. The smallest absolute Gasteiger partial charge is 0.124 e. The fourth-order valence-electron chi connectivity index (χ4n) is 1.53. The molecule has 0 bridgehead atoms. The van der Waals surface area contributed by atoms with E-state index < -0.39 is 0 Å². The van der Waals surface area contributed by atoms with Crippen molar-refractivity contribution in [2.24, 2.45) is 5.73 Å². The van der Waals surface area contributed by atoms with Crippen LogP contribution in [0.3, 0.4) is 0 Å². The molecule has 0 aromatic carbocycles. The lowest BCUT2D eigenvalue weighted by Gasteiger charge is -2.09. The van der Waals surface area contributed by atoms with Crippen LogP contribution in [0.5, 0.6) is 0 Å². The first-order chi connectivity index (χ1) is 8.22. The van der Waals surface area contributed by atoms with E-state index in [1.807, 2.05) is 26.0 Å². The van der Waals surface area contributed by atoms with Crippen LogP contribution in [0.15, 0.2) is 27.8 Å². The van der Waals surface area contributed by atoms with Gasteiger partial charge in [-0.05, 0) is 31.5 Å². The van der Waals surface area contributed by atoms with E-state index in [0.29, 0.717) is 6.54 Å². The Morgan fingerprint density at radius 2 is 2.18 bits per heavy atom. The highest BCUT2D eigenvalue weighted by Gasteiger charge is 2.10. The summed E-state index contributed by atoms with van der Waals surface area (Å²) >= 11 is 1.60. The maximum absolute atomic E-state index is 5.76.